The van der Waals surface area contributed by atoms with Crippen molar-refractivity contribution in [2.45, 2.75) is 53.8 Å². The number of ketones is 1. The number of nitrogens with zero attached hydrogens (tertiary/aromatic N) is 3. The molecule has 0 aliphatic rings. The first-order valence-electron chi connectivity index (χ1n) is 12.0. The largest absolute Gasteiger partial charge is 0.497 e. The van der Waals surface area contributed by atoms with Gasteiger partial charge in [0, 0.05) is 42.3 Å². The van der Waals surface area contributed by atoms with Crippen LogP contribution in [0.2, 0.25) is 0 Å². The van der Waals surface area contributed by atoms with E-state index in [1.165, 1.54) is 4.90 Å². The zero-order valence-electron chi connectivity index (χ0n) is 21.7. The normalized spacial score (nSPS) is 11.6. The molecule has 0 aliphatic heterocycles. The van der Waals surface area contributed by atoms with Gasteiger partial charge >= 0.3 is 5.97 Å². The number of esters is 1. The molecule has 0 saturated heterocycles. The van der Waals surface area contributed by atoms with Crippen LogP contribution in [0.3, 0.4) is 0 Å². The molecule has 8 nitrogen and oxygen atoms in total. The molecule has 1 unspecified atom stereocenters. The molecule has 0 fully saturated rings. The minimum absolute atomic E-state index is 0.197. The number of benzene rings is 1. The Labute approximate surface area is 211 Å². The lowest BCUT2D eigenvalue weighted by molar-refractivity contribution is 0.0512. The summed E-state index contributed by atoms with van der Waals surface area (Å²) in [6.07, 6.45) is 3.33. The van der Waals surface area contributed by atoms with Crippen molar-refractivity contribution in [3.63, 3.8) is 0 Å². The lowest BCUT2D eigenvalue weighted by Crippen LogP contribution is -2.43. The molecule has 0 spiro atoms. The summed E-state index contributed by atoms with van der Waals surface area (Å²) >= 11 is 0. The van der Waals surface area contributed by atoms with Crippen LogP contribution >= 0.6 is 0 Å². The van der Waals surface area contributed by atoms with E-state index in [1.54, 1.807) is 75.2 Å². The van der Waals surface area contributed by atoms with Crippen molar-refractivity contribution in [1.29, 1.82) is 0 Å². The lowest BCUT2D eigenvalue weighted by Gasteiger charge is -2.29. The van der Waals surface area contributed by atoms with Crippen LogP contribution in [-0.4, -0.2) is 51.9 Å². The molecule has 8 heteroatoms. The average Bonchev–Trinajstić information content (AvgIpc) is 3.15. The molecule has 0 radical (unpaired) electrons. The van der Waals surface area contributed by atoms with E-state index in [9.17, 15) is 14.4 Å². The summed E-state index contributed by atoms with van der Waals surface area (Å²) in [4.78, 5) is 45.9. The minimum atomic E-state index is -0.806. The van der Waals surface area contributed by atoms with Gasteiger partial charge in [-0.2, -0.15) is 0 Å². The fourth-order valence-electron chi connectivity index (χ4n) is 4.44. The van der Waals surface area contributed by atoms with Gasteiger partial charge in [0.15, 0.2) is 5.78 Å². The SMILES string of the molecule is CCOC(=O)c1c(C)c(C(=O)C(C)N(Cc2cccnc2)C(=O)c2ccc(OC)cc2)c(C)n1CC. The lowest BCUT2D eigenvalue weighted by atomic mass is 9.98. The summed E-state index contributed by atoms with van der Waals surface area (Å²) in [6.45, 7) is 9.88. The molecule has 1 aromatic carbocycles. The number of pyridine rings is 1. The zero-order chi connectivity index (χ0) is 26.4. The first-order valence-corrected chi connectivity index (χ1v) is 12.0. The summed E-state index contributed by atoms with van der Waals surface area (Å²) in [7, 11) is 1.56. The fourth-order valence-corrected chi connectivity index (χ4v) is 4.44. The minimum Gasteiger partial charge on any atom is -0.497 e. The Morgan fingerprint density at radius 1 is 1.08 bits per heavy atom. The van der Waals surface area contributed by atoms with Crippen molar-refractivity contribution in [3.8, 4) is 5.75 Å². The number of hydrogen-bond donors (Lipinski definition) is 0. The van der Waals surface area contributed by atoms with Gasteiger partial charge in [-0.15, -0.1) is 0 Å². The third-order valence-corrected chi connectivity index (χ3v) is 6.32. The second-order valence-corrected chi connectivity index (χ2v) is 8.46. The first-order chi connectivity index (χ1) is 17.2. The van der Waals surface area contributed by atoms with Gasteiger partial charge in [0.2, 0.25) is 0 Å². The quantitative estimate of drug-likeness (QED) is 0.304. The molecule has 36 heavy (non-hydrogen) atoms. The van der Waals surface area contributed by atoms with E-state index in [0.717, 1.165) is 5.56 Å². The number of hydrogen-bond acceptors (Lipinski definition) is 6. The molecule has 3 aromatic rings. The maximum atomic E-state index is 13.9. The third kappa shape index (κ3) is 5.32. The Hall–Kier alpha value is -3.94. The summed E-state index contributed by atoms with van der Waals surface area (Å²) < 4.78 is 12.3. The highest BCUT2D eigenvalue weighted by molar-refractivity contribution is 6.07. The molecule has 3 rings (SSSR count). The van der Waals surface area contributed by atoms with E-state index in [-0.39, 0.29) is 24.8 Å². The monoisotopic (exact) mass is 491 g/mol. The molecular weight excluding hydrogens is 458 g/mol. The molecule has 1 atom stereocenters. The van der Waals surface area contributed by atoms with Crippen molar-refractivity contribution < 1.29 is 23.9 Å². The van der Waals surface area contributed by atoms with Crippen molar-refractivity contribution >= 4 is 17.7 Å². The Balaban J connectivity index is 2.04. The Morgan fingerprint density at radius 2 is 1.78 bits per heavy atom. The molecule has 1 amide bonds. The first kappa shape index (κ1) is 26.7. The van der Waals surface area contributed by atoms with Crippen molar-refractivity contribution in [2.24, 2.45) is 0 Å². The second kappa shape index (κ2) is 11.7. The van der Waals surface area contributed by atoms with E-state index in [2.05, 4.69) is 4.98 Å². The van der Waals surface area contributed by atoms with E-state index in [4.69, 9.17) is 9.47 Å². The number of aromatic nitrogens is 2. The highest BCUT2D eigenvalue weighted by atomic mass is 16.5. The smallest absolute Gasteiger partial charge is 0.355 e. The average molecular weight is 492 g/mol. The van der Waals surface area contributed by atoms with E-state index >= 15 is 0 Å². The number of methoxy groups -OCH3 is 1. The molecule has 2 aromatic heterocycles. The summed E-state index contributed by atoms with van der Waals surface area (Å²) in [5.74, 6) is -0.368. The Kier molecular flexibility index (Phi) is 8.64. The van der Waals surface area contributed by atoms with Crippen LogP contribution in [0.1, 0.15) is 68.8 Å². The maximum Gasteiger partial charge on any atom is 0.355 e. The molecular formula is C28H33N3O5. The number of rotatable bonds is 10. The van der Waals surface area contributed by atoms with E-state index < -0.39 is 12.0 Å². The van der Waals surface area contributed by atoms with Gasteiger partial charge in [0.05, 0.1) is 19.8 Å². The van der Waals surface area contributed by atoms with Gasteiger partial charge in [-0.1, -0.05) is 6.07 Å². The van der Waals surface area contributed by atoms with Crippen LogP contribution in [0.5, 0.6) is 5.75 Å². The van der Waals surface area contributed by atoms with Gasteiger partial charge in [-0.25, -0.2) is 4.79 Å². The molecule has 0 aliphatic carbocycles. The van der Waals surface area contributed by atoms with Crippen LogP contribution in [0.25, 0.3) is 0 Å². The number of amides is 1. The van der Waals surface area contributed by atoms with E-state index in [0.29, 0.717) is 40.4 Å². The van der Waals surface area contributed by atoms with Gasteiger partial charge in [-0.3, -0.25) is 14.6 Å². The number of carbonyl (C=O) groups is 3. The molecule has 2 heterocycles. The summed E-state index contributed by atoms with van der Waals surface area (Å²) in [5, 5.41) is 0. The van der Waals surface area contributed by atoms with Crippen LogP contribution in [0.4, 0.5) is 0 Å². The van der Waals surface area contributed by atoms with Crippen LogP contribution in [0.15, 0.2) is 48.8 Å². The van der Waals surface area contributed by atoms with Crippen LogP contribution in [0, 0.1) is 13.8 Å². The molecule has 0 N–H and O–H groups in total. The topological polar surface area (TPSA) is 90.7 Å². The number of carbonyl (C=O) groups excluding carboxylic acids is 3. The predicted molar refractivity (Wildman–Crippen MR) is 136 cm³/mol. The predicted octanol–water partition coefficient (Wildman–Crippen LogP) is 4.62. The molecule has 0 bridgehead atoms. The van der Waals surface area contributed by atoms with E-state index in [1.807, 2.05) is 19.9 Å². The Bertz CT molecular complexity index is 1230. The van der Waals surface area contributed by atoms with Gasteiger partial charge in [0.25, 0.3) is 5.91 Å². The highest BCUT2D eigenvalue weighted by Crippen LogP contribution is 2.27. The second-order valence-electron chi connectivity index (χ2n) is 8.46. The third-order valence-electron chi connectivity index (χ3n) is 6.32. The van der Waals surface area contributed by atoms with Gasteiger partial charge < -0.3 is 18.9 Å². The Morgan fingerprint density at radius 3 is 2.33 bits per heavy atom. The molecule has 0 saturated carbocycles. The zero-order valence-corrected chi connectivity index (χ0v) is 21.7. The number of Topliss-reactive ketones (excluding diaryl/α,β-unsaturated/α-hetero) is 1. The van der Waals surface area contributed by atoms with Crippen molar-refractivity contribution in [1.82, 2.24) is 14.5 Å². The van der Waals surface area contributed by atoms with Crippen LogP contribution in [-0.2, 0) is 17.8 Å². The van der Waals surface area contributed by atoms with Crippen LogP contribution < -0.4 is 4.74 Å². The fraction of sp³-hybridized carbons (Fsp3) is 0.357. The highest BCUT2D eigenvalue weighted by Gasteiger charge is 2.33. The summed E-state index contributed by atoms with van der Waals surface area (Å²) in [5.41, 5.74) is 3.27. The maximum absolute atomic E-state index is 13.9. The van der Waals surface area contributed by atoms with Gasteiger partial charge in [0.1, 0.15) is 11.4 Å². The summed E-state index contributed by atoms with van der Waals surface area (Å²) in [6, 6.07) is 9.63. The molecule has 190 valence electrons. The van der Waals surface area contributed by atoms with Crippen molar-refractivity contribution in [2.75, 3.05) is 13.7 Å². The standard InChI is InChI=1S/C28H33N3O5/c1-7-30-19(4)24(18(3)25(30)28(34)36-8-2)26(32)20(5)31(17-21-10-9-15-29-16-21)27(33)22-11-13-23(35-6)14-12-22/h9-16,20H,7-8,17H2,1-6H3. The number of ether oxygens (including phenoxy) is 2. The van der Waals surface area contributed by atoms with Crippen molar-refractivity contribution in [3.05, 3.63) is 82.4 Å². The van der Waals surface area contributed by atoms with Gasteiger partial charge in [-0.05, 0) is 76.1 Å².